The molecule has 0 bridgehead atoms. The summed E-state index contributed by atoms with van der Waals surface area (Å²) >= 11 is 0. The highest BCUT2D eigenvalue weighted by molar-refractivity contribution is 6.13. The van der Waals surface area contributed by atoms with E-state index in [1.54, 1.807) is 0 Å². The molecule has 8 aromatic carbocycles. The average molecular weight is 729 g/mol. The minimum absolute atomic E-state index is 0.551. The van der Waals surface area contributed by atoms with Gasteiger partial charge in [-0.25, -0.2) is 15.0 Å². The van der Waals surface area contributed by atoms with Crippen molar-refractivity contribution in [1.29, 1.82) is 5.26 Å². The van der Waals surface area contributed by atoms with Crippen LogP contribution in [0.2, 0.25) is 0 Å². The molecule has 0 aliphatic heterocycles. The van der Waals surface area contributed by atoms with E-state index in [1.807, 2.05) is 97.1 Å². The monoisotopic (exact) mass is 728 g/mol. The van der Waals surface area contributed by atoms with Crippen molar-refractivity contribution in [2.45, 2.75) is 0 Å². The lowest BCUT2D eigenvalue weighted by atomic mass is 9.97. The summed E-state index contributed by atoms with van der Waals surface area (Å²) in [7, 11) is 0. The van der Waals surface area contributed by atoms with Crippen molar-refractivity contribution < 1.29 is 4.42 Å². The van der Waals surface area contributed by atoms with Gasteiger partial charge in [-0.2, -0.15) is 5.26 Å². The predicted molar refractivity (Wildman–Crippen MR) is 230 cm³/mol. The van der Waals surface area contributed by atoms with Crippen LogP contribution in [-0.2, 0) is 0 Å². The SMILES string of the molecule is N#Cc1cccc(-c2cccc(-c3cccc(-c4nc(-c5cccc(-c6ccccc6)c5)nc(-c5ccc6c(c5)oc5cccc(-c7ccccc7)c56)n4)c3)c2)c1. The molecule has 0 N–H and O–H groups in total. The van der Waals surface area contributed by atoms with Gasteiger partial charge in [0.05, 0.1) is 11.6 Å². The van der Waals surface area contributed by atoms with Crippen LogP contribution in [0, 0.1) is 11.3 Å². The summed E-state index contributed by atoms with van der Waals surface area (Å²) in [5.41, 5.74) is 13.4. The van der Waals surface area contributed by atoms with Crippen molar-refractivity contribution in [1.82, 2.24) is 15.0 Å². The summed E-state index contributed by atoms with van der Waals surface area (Å²) in [6, 6.07) is 68.1. The van der Waals surface area contributed by atoms with E-state index in [2.05, 4.69) is 103 Å². The van der Waals surface area contributed by atoms with E-state index in [-0.39, 0.29) is 0 Å². The molecule has 10 rings (SSSR count). The lowest BCUT2D eigenvalue weighted by molar-refractivity contribution is 0.669. The summed E-state index contributed by atoms with van der Waals surface area (Å²) in [5, 5.41) is 11.6. The normalized spacial score (nSPS) is 11.1. The van der Waals surface area contributed by atoms with Gasteiger partial charge in [0.15, 0.2) is 17.5 Å². The second-order valence-corrected chi connectivity index (χ2v) is 14.0. The smallest absolute Gasteiger partial charge is 0.164 e. The number of aromatic nitrogens is 3. The third kappa shape index (κ3) is 6.52. The molecule has 57 heavy (non-hydrogen) atoms. The van der Waals surface area contributed by atoms with Crippen LogP contribution in [-0.4, -0.2) is 15.0 Å². The lowest BCUT2D eigenvalue weighted by Crippen LogP contribution is -2.00. The van der Waals surface area contributed by atoms with Gasteiger partial charge in [0.25, 0.3) is 0 Å². The Hall–Kier alpha value is -7.94. The maximum Gasteiger partial charge on any atom is 0.164 e. The van der Waals surface area contributed by atoms with E-state index in [0.29, 0.717) is 23.0 Å². The first-order valence-corrected chi connectivity index (χ1v) is 18.8. The summed E-state index contributed by atoms with van der Waals surface area (Å²) in [5.74, 6) is 1.69. The van der Waals surface area contributed by atoms with Gasteiger partial charge in [0.2, 0.25) is 0 Å². The largest absolute Gasteiger partial charge is 0.456 e. The van der Waals surface area contributed by atoms with Gasteiger partial charge in [0.1, 0.15) is 11.2 Å². The molecule has 0 amide bonds. The van der Waals surface area contributed by atoms with Gasteiger partial charge >= 0.3 is 0 Å². The standard InChI is InChI=1S/C52H32N4O/c53-33-34-12-7-17-37(28-34)39-19-8-20-40(29-39)41-21-10-23-43(31-41)51-54-50(42-22-9-18-38(30-42)35-13-3-1-4-14-35)55-52(56-51)44-26-27-46-48(32-44)57-47-25-11-24-45(49(46)47)36-15-5-2-6-16-36/h1-32H. The zero-order chi connectivity index (χ0) is 38.1. The lowest BCUT2D eigenvalue weighted by Gasteiger charge is -2.11. The number of furan rings is 1. The van der Waals surface area contributed by atoms with Crippen LogP contribution < -0.4 is 0 Å². The molecule has 0 saturated carbocycles. The Kier molecular flexibility index (Phi) is 8.48. The van der Waals surface area contributed by atoms with Gasteiger partial charge in [0, 0.05) is 27.5 Å². The highest BCUT2D eigenvalue weighted by Crippen LogP contribution is 2.39. The molecule has 0 fully saturated rings. The third-order valence-electron chi connectivity index (χ3n) is 10.3. The second-order valence-electron chi connectivity index (χ2n) is 14.0. The van der Waals surface area contributed by atoms with Gasteiger partial charge in [-0.3, -0.25) is 0 Å². The number of hydrogen-bond acceptors (Lipinski definition) is 5. The van der Waals surface area contributed by atoms with Crippen molar-refractivity contribution in [3.63, 3.8) is 0 Å². The predicted octanol–water partition coefficient (Wildman–Crippen LogP) is 13.3. The van der Waals surface area contributed by atoms with Gasteiger partial charge < -0.3 is 4.42 Å². The molecule has 0 atom stereocenters. The molecule has 2 aromatic heterocycles. The molecule has 0 spiro atoms. The second kappa shape index (κ2) is 14.4. The molecule has 2 heterocycles. The van der Waals surface area contributed by atoms with Crippen molar-refractivity contribution in [2.24, 2.45) is 0 Å². The molecule has 0 radical (unpaired) electrons. The Labute approximate surface area is 329 Å². The molecule has 266 valence electrons. The molecule has 5 heteroatoms. The maximum absolute atomic E-state index is 9.49. The molecule has 0 unspecified atom stereocenters. The summed E-state index contributed by atoms with van der Waals surface area (Å²) < 4.78 is 6.50. The quantitative estimate of drug-likeness (QED) is 0.163. The average Bonchev–Trinajstić information content (AvgIpc) is 3.68. The van der Waals surface area contributed by atoms with Crippen LogP contribution in [0.3, 0.4) is 0 Å². The van der Waals surface area contributed by atoms with E-state index in [0.717, 1.165) is 83.1 Å². The fourth-order valence-corrected chi connectivity index (χ4v) is 7.54. The summed E-state index contributed by atoms with van der Waals surface area (Å²) in [4.78, 5) is 15.4. The van der Waals surface area contributed by atoms with E-state index in [9.17, 15) is 5.26 Å². The van der Waals surface area contributed by atoms with E-state index in [1.165, 1.54) is 0 Å². The molecule has 5 nitrogen and oxygen atoms in total. The minimum atomic E-state index is 0.551. The fourth-order valence-electron chi connectivity index (χ4n) is 7.54. The number of fused-ring (bicyclic) bond motifs is 3. The number of hydrogen-bond donors (Lipinski definition) is 0. The Morgan fingerprint density at radius 2 is 0.807 bits per heavy atom. The van der Waals surface area contributed by atoms with Crippen LogP contribution in [0.25, 0.3) is 101 Å². The molecule has 0 aliphatic rings. The van der Waals surface area contributed by atoms with Crippen LogP contribution in [0.5, 0.6) is 0 Å². The molecule has 0 saturated heterocycles. The van der Waals surface area contributed by atoms with Crippen molar-refractivity contribution in [2.75, 3.05) is 0 Å². The summed E-state index contributed by atoms with van der Waals surface area (Å²) in [6.45, 7) is 0. The zero-order valence-electron chi connectivity index (χ0n) is 30.7. The highest BCUT2D eigenvalue weighted by atomic mass is 16.3. The number of benzene rings is 8. The number of nitrogens with zero attached hydrogens (tertiary/aromatic N) is 4. The molecule has 10 aromatic rings. The highest BCUT2D eigenvalue weighted by Gasteiger charge is 2.17. The fraction of sp³-hybridized carbons (Fsp3) is 0. The molecular weight excluding hydrogens is 697 g/mol. The maximum atomic E-state index is 9.49. The van der Waals surface area contributed by atoms with Gasteiger partial charge in [-0.05, 0) is 93.0 Å². The minimum Gasteiger partial charge on any atom is -0.456 e. The molecule has 0 aliphatic carbocycles. The van der Waals surface area contributed by atoms with Crippen molar-refractivity contribution >= 4 is 21.9 Å². The van der Waals surface area contributed by atoms with Crippen molar-refractivity contribution in [3.8, 4) is 84.7 Å². The first-order chi connectivity index (χ1) is 28.2. The third-order valence-corrected chi connectivity index (χ3v) is 10.3. The van der Waals surface area contributed by atoms with Crippen LogP contribution in [0.4, 0.5) is 0 Å². The first-order valence-electron chi connectivity index (χ1n) is 18.8. The van der Waals surface area contributed by atoms with Gasteiger partial charge in [-0.1, -0.05) is 146 Å². The summed E-state index contributed by atoms with van der Waals surface area (Å²) in [6.07, 6.45) is 0. The zero-order valence-corrected chi connectivity index (χ0v) is 30.7. The topological polar surface area (TPSA) is 75.6 Å². The Morgan fingerprint density at radius 1 is 0.351 bits per heavy atom. The Morgan fingerprint density at radius 3 is 1.40 bits per heavy atom. The first kappa shape index (κ1) is 33.6. The van der Waals surface area contributed by atoms with E-state index < -0.39 is 0 Å². The number of nitriles is 1. The van der Waals surface area contributed by atoms with Crippen LogP contribution >= 0.6 is 0 Å². The molecular formula is C52H32N4O. The van der Waals surface area contributed by atoms with E-state index in [4.69, 9.17) is 19.4 Å². The van der Waals surface area contributed by atoms with E-state index >= 15 is 0 Å². The van der Waals surface area contributed by atoms with Crippen LogP contribution in [0.1, 0.15) is 5.56 Å². The Bertz CT molecular complexity index is 3140. The van der Waals surface area contributed by atoms with Gasteiger partial charge in [-0.15, -0.1) is 0 Å². The van der Waals surface area contributed by atoms with Crippen LogP contribution in [0.15, 0.2) is 199 Å². The number of rotatable bonds is 7. The van der Waals surface area contributed by atoms with Crippen molar-refractivity contribution in [3.05, 3.63) is 200 Å². The Balaban J connectivity index is 1.10.